The van der Waals surface area contributed by atoms with Crippen LogP contribution in [0.1, 0.15) is 44.9 Å². The highest BCUT2D eigenvalue weighted by atomic mass is 16.3. The number of hydrogen-bond acceptors (Lipinski definition) is 2. The number of aliphatic hydroxyl groups excluding tert-OH is 1. The van der Waals surface area contributed by atoms with Gasteiger partial charge in [-0.25, -0.2) is 0 Å². The summed E-state index contributed by atoms with van der Waals surface area (Å²) in [5.74, 6) is 3.93. The van der Waals surface area contributed by atoms with Gasteiger partial charge in [-0.2, -0.15) is 0 Å². The summed E-state index contributed by atoms with van der Waals surface area (Å²) in [5, 5.41) is 9.56. The van der Waals surface area contributed by atoms with Crippen molar-refractivity contribution in [2.24, 2.45) is 29.6 Å². The molecule has 1 saturated heterocycles. The SMILES string of the molecule is O=C(C1C2C3CCC(C3)C12)N1CCCCCC1CO. The molecule has 3 nitrogen and oxygen atoms in total. The maximum Gasteiger partial charge on any atom is 0.226 e. The van der Waals surface area contributed by atoms with Crippen molar-refractivity contribution in [3.63, 3.8) is 0 Å². The fourth-order valence-corrected chi connectivity index (χ4v) is 5.50. The van der Waals surface area contributed by atoms with Crippen LogP contribution in [0.4, 0.5) is 0 Å². The van der Waals surface area contributed by atoms with Gasteiger partial charge in [0.25, 0.3) is 0 Å². The van der Waals surface area contributed by atoms with E-state index >= 15 is 0 Å². The highest BCUT2D eigenvalue weighted by Crippen LogP contribution is 2.69. The first-order valence-electron chi connectivity index (χ1n) is 8.22. The van der Waals surface area contributed by atoms with Crippen LogP contribution in [0.3, 0.4) is 0 Å². The minimum atomic E-state index is 0.106. The Kier molecular flexibility index (Phi) is 2.87. The van der Waals surface area contributed by atoms with E-state index in [1.54, 1.807) is 0 Å². The summed E-state index contributed by atoms with van der Waals surface area (Å²) >= 11 is 0. The lowest BCUT2D eigenvalue weighted by Gasteiger charge is -2.29. The van der Waals surface area contributed by atoms with Gasteiger partial charge in [-0.15, -0.1) is 0 Å². The summed E-state index contributed by atoms with van der Waals surface area (Å²) < 4.78 is 0. The Morgan fingerprint density at radius 1 is 1.05 bits per heavy atom. The molecule has 4 fully saturated rings. The second-order valence-corrected chi connectivity index (χ2v) is 7.23. The van der Waals surface area contributed by atoms with Gasteiger partial charge in [-0.3, -0.25) is 4.79 Å². The molecule has 1 heterocycles. The van der Waals surface area contributed by atoms with Crippen LogP contribution >= 0.6 is 0 Å². The molecule has 0 radical (unpaired) electrons. The summed E-state index contributed by atoms with van der Waals surface area (Å²) in [7, 11) is 0. The first-order valence-corrected chi connectivity index (χ1v) is 8.22. The van der Waals surface area contributed by atoms with Gasteiger partial charge in [0.2, 0.25) is 5.91 Å². The van der Waals surface area contributed by atoms with E-state index in [4.69, 9.17) is 0 Å². The number of fused-ring (bicyclic) bond motifs is 5. The number of aliphatic hydroxyl groups is 1. The van der Waals surface area contributed by atoms with E-state index in [1.807, 2.05) is 0 Å². The number of nitrogens with zero attached hydrogens (tertiary/aromatic N) is 1. The molecule has 0 aromatic carbocycles. The van der Waals surface area contributed by atoms with Crippen molar-refractivity contribution in [2.45, 2.75) is 51.0 Å². The highest BCUT2D eigenvalue weighted by Gasteiger charge is 2.68. The minimum absolute atomic E-state index is 0.106. The van der Waals surface area contributed by atoms with E-state index in [0.717, 1.165) is 49.5 Å². The van der Waals surface area contributed by atoms with Crippen LogP contribution in [0.15, 0.2) is 0 Å². The maximum absolute atomic E-state index is 12.8. The van der Waals surface area contributed by atoms with Crippen LogP contribution in [0.2, 0.25) is 0 Å². The summed E-state index contributed by atoms with van der Waals surface area (Å²) in [6.45, 7) is 1.04. The Morgan fingerprint density at radius 3 is 2.47 bits per heavy atom. The van der Waals surface area contributed by atoms with Crippen LogP contribution in [-0.2, 0) is 4.79 Å². The second kappa shape index (κ2) is 4.47. The first kappa shape index (κ1) is 12.2. The van der Waals surface area contributed by atoms with Gasteiger partial charge >= 0.3 is 0 Å². The zero-order valence-corrected chi connectivity index (χ0v) is 11.6. The molecule has 0 aromatic rings. The number of hydrogen-bond donors (Lipinski definition) is 1. The van der Waals surface area contributed by atoms with Gasteiger partial charge in [-0.05, 0) is 55.8 Å². The van der Waals surface area contributed by atoms with Gasteiger partial charge < -0.3 is 10.0 Å². The van der Waals surface area contributed by atoms with Crippen molar-refractivity contribution in [3.8, 4) is 0 Å². The Morgan fingerprint density at radius 2 is 1.79 bits per heavy atom. The third-order valence-electron chi connectivity index (χ3n) is 6.39. The largest absolute Gasteiger partial charge is 0.394 e. The number of carbonyl (C=O) groups is 1. The lowest BCUT2D eigenvalue weighted by molar-refractivity contribution is -0.136. The fraction of sp³-hybridized carbons (Fsp3) is 0.938. The van der Waals surface area contributed by atoms with Gasteiger partial charge in [-0.1, -0.05) is 12.8 Å². The van der Waals surface area contributed by atoms with Crippen molar-refractivity contribution in [1.82, 2.24) is 4.90 Å². The molecule has 0 aromatic heterocycles. The van der Waals surface area contributed by atoms with E-state index in [1.165, 1.54) is 25.7 Å². The number of carbonyl (C=O) groups excluding carboxylic acids is 1. The fourth-order valence-electron chi connectivity index (χ4n) is 5.50. The molecule has 2 bridgehead atoms. The number of amides is 1. The van der Waals surface area contributed by atoms with Crippen molar-refractivity contribution >= 4 is 5.91 Å². The molecule has 3 aliphatic carbocycles. The van der Waals surface area contributed by atoms with E-state index < -0.39 is 0 Å². The van der Waals surface area contributed by atoms with Crippen LogP contribution in [0.5, 0.6) is 0 Å². The minimum Gasteiger partial charge on any atom is -0.394 e. The normalized spacial score (nSPS) is 47.9. The standard InChI is InChI=1S/C16H25NO2/c18-9-12-4-2-1-3-7-17(12)16(19)15-13-10-5-6-11(8-10)14(13)15/h10-15,18H,1-9H2. The zero-order chi connectivity index (χ0) is 13.0. The monoisotopic (exact) mass is 263 g/mol. The predicted molar refractivity (Wildman–Crippen MR) is 72.4 cm³/mol. The quantitative estimate of drug-likeness (QED) is 0.828. The predicted octanol–water partition coefficient (Wildman–Crippen LogP) is 2.04. The molecule has 0 spiro atoms. The number of rotatable bonds is 2. The lowest BCUT2D eigenvalue weighted by atomic mass is 10.0. The average molecular weight is 263 g/mol. The third-order valence-corrected chi connectivity index (χ3v) is 6.39. The van der Waals surface area contributed by atoms with E-state index in [9.17, 15) is 9.90 Å². The van der Waals surface area contributed by atoms with Gasteiger partial charge in [0.15, 0.2) is 0 Å². The molecule has 1 amide bonds. The Balaban J connectivity index is 1.48. The smallest absolute Gasteiger partial charge is 0.226 e. The summed E-state index contributed by atoms with van der Waals surface area (Å²) in [4.78, 5) is 14.9. The molecule has 4 rings (SSSR count). The van der Waals surface area contributed by atoms with Crippen molar-refractivity contribution in [1.29, 1.82) is 0 Å². The van der Waals surface area contributed by atoms with Crippen molar-refractivity contribution < 1.29 is 9.90 Å². The second-order valence-electron chi connectivity index (χ2n) is 7.23. The first-order chi connectivity index (χ1) is 9.31. The Labute approximate surface area is 115 Å². The Bertz CT molecular complexity index is 367. The lowest BCUT2D eigenvalue weighted by Crippen LogP contribution is -2.43. The third kappa shape index (κ3) is 1.77. The van der Waals surface area contributed by atoms with E-state index in [-0.39, 0.29) is 12.6 Å². The van der Waals surface area contributed by atoms with Crippen LogP contribution in [-0.4, -0.2) is 35.1 Å². The van der Waals surface area contributed by atoms with Crippen molar-refractivity contribution in [2.75, 3.05) is 13.2 Å². The molecule has 1 N–H and O–H groups in total. The molecular weight excluding hydrogens is 238 g/mol. The molecular formula is C16H25NO2. The molecule has 5 unspecified atom stereocenters. The molecule has 3 heteroatoms. The van der Waals surface area contributed by atoms with E-state index in [0.29, 0.717) is 11.8 Å². The Hall–Kier alpha value is -0.570. The highest BCUT2D eigenvalue weighted by molar-refractivity contribution is 5.83. The molecule has 5 atom stereocenters. The van der Waals surface area contributed by atoms with Crippen molar-refractivity contribution in [3.05, 3.63) is 0 Å². The molecule has 19 heavy (non-hydrogen) atoms. The number of likely N-dealkylation sites (tertiary alicyclic amines) is 1. The summed E-state index contributed by atoms with van der Waals surface area (Å²) in [5.41, 5.74) is 0. The molecule has 4 aliphatic rings. The zero-order valence-electron chi connectivity index (χ0n) is 11.6. The van der Waals surface area contributed by atoms with Gasteiger partial charge in [0, 0.05) is 12.5 Å². The maximum atomic E-state index is 12.8. The molecule has 106 valence electrons. The van der Waals surface area contributed by atoms with Gasteiger partial charge in [0.05, 0.1) is 12.6 Å². The van der Waals surface area contributed by atoms with Crippen LogP contribution in [0.25, 0.3) is 0 Å². The van der Waals surface area contributed by atoms with Crippen LogP contribution in [0, 0.1) is 29.6 Å². The summed E-state index contributed by atoms with van der Waals surface area (Å²) in [6, 6.07) is 0.106. The van der Waals surface area contributed by atoms with Gasteiger partial charge in [0.1, 0.15) is 0 Å². The van der Waals surface area contributed by atoms with Crippen LogP contribution < -0.4 is 0 Å². The molecule has 3 saturated carbocycles. The van der Waals surface area contributed by atoms with E-state index in [2.05, 4.69) is 4.90 Å². The molecule has 1 aliphatic heterocycles. The summed E-state index contributed by atoms with van der Waals surface area (Å²) in [6.07, 6.45) is 8.65. The topological polar surface area (TPSA) is 40.5 Å². The average Bonchev–Trinajstić information content (AvgIpc) is 2.99.